The van der Waals surface area contributed by atoms with Crippen molar-refractivity contribution in [2.75, 3.05) is 7.11 Å². The molecular formula is C16H14ClFNOP. The van der Waals surface area contributed by atoms with Crippen molar-refractivity contribution in [1.29, 1.82) is 0 Å². The lowest BCUT2D eigenvalue weighted by Crippen LogP contribution is -2.14. The Hall–Kier alpha value is -1.41. The van der Waals surface area contributed by atoms with Crippen LogP contribution in [0.15, 0.2) is 42.5 Å². The van der Waals surface area contributed by atoms with Gasteiger partial charge in [0.05, 0.1) is 8.15 Å². The zero-order chi connectivity index (χ0) is 15.0. The molecule has 1 unspecified atom stereocenters. The summed E-state index contributed by atoms with van der Waals surface area (Å²) in [4.78, 5) is 3.34. The van der Waals surface area contributed by atoms with Crippen LogP contribution in [0.1, 0.15) is 5.69 Å². The summed E-state index contributed by atoms with van der Waals surface area (Å²) in [7, 11) is 0.561. The molecule has 0 aliphatic carbocycles. The van der Waals surface area contributed by atoms with Gasteiger partial charge >= 0.3 is 0 Å². The van der Waals surface area contributed by atoms with Crippen molar-refractivity contribution in [2.24, 2.45) is 0 Å². The van der Waals surface area contributed by atoms with Gasteiger partial charge < -0.3 is 9.51 Å². The van der Waals surface area contributed by atoms with E-state index in [2.05, 4.69) is 4.98 Å². The Bertz CT molecular complexity index is 802. The van der Waals surface area contributed by atoms with Gasteiger partial charge in [-0.05, 0) is 37.3 Å². The molecule has 0 amide bonds. The second-order valence-electron chi connectivity index (χ2n) is 4.75. The van der Waals surface area contributed by atoms with E-state index in [9.17, 15) is 4.39 Å². The fourth-order valence-corrected chi connectivity index (χ4v) is 4.52. The quantitative estimate of drug-likeness (QED) is 0.716. The Morgan fingerprint density at radius 1 is 1.19 bits per heavy atom. The molecule has 21 heavy (non-hydrogen) atoms. The SMILES string of the molecule is COP(c1cccc(F)c1)c1c(C)[nH]c2ccc(Cl)cc12. The summed E-state index contributed by atoms with van der Waals surface area (Å²) in [5, 5.41) is 3.59. The van der Waals surface area contributed by atoms with Gasteiger partial charge in [0.1, 0.15) is 5.82 Å². The summed E-state index contributed by atoms with van der Waals surface area (Å²) in [6.07, 6.45) is 0. The number of fused-ring (bicyclic) bond motifs is 1. The highest BCUT2D eigenvalue weighted by Gasteiger charge is 2.21. The van der Waals surface area contributed by atoms with Gasteiger partial charge in [0.25, 0.3) is 0 Å². The minimum atomic E-state index is -1.09. The van der Waals surface area contributed by atoms with Crippen molar-refractivity contribution < 1.29 is 8.91 Å². The van der Waals surface area contributed by atoms with Crippen LogP contribution in [0.25, 0.3) is 10.9 Å². The van der Waals surface area contributed by atoms with Crippen LogP contribution in [0.2, 0.25) is 5.02 Å². The number of aryl methyl sites for hydroxylation is 1. The van der Waals surface area contributed by atoms with Crippen molar-refractivity contribution >= 4 is 41.3 Å². The van der Waals surface area contributed by atoms with Crippen molar-refractivity contribution in [3.8, 4) is 0 Å². The molecule has 0 saturated heterocycles. The van der Waals surface area contributed by atoms with Gasteiger partial charge in [0, 0.05) is 39.3 Å². The molecule has 1 atom stereocenters. The van der Waals surface area contributed by atoms with Gasteiger partial charge in [0.2, 0.25) is 0 Å². The molecule has 1 N–H and O–H groups in total. The molecule has 108 valence electrons. The first-order valence-electron chi connectivity index (χ1n) is 6.48. The Morgan fingerprint density at radius 2 is 2.00 bits per heavy atom. The van der Waals surface area contributed by atoms with Crippen LogP contribution in [0.3, 0.4) is 0 Å². The predicted octanol–water partition coefficient (Wildman–Crippen LogP) is 4.26. The van der Waals surface area contributed by atoms with E-state index in [0.717, 1.165) is 27.2 Å². The highest BCUT2D eigenvalue weighted by Crippen LogP contribution is 2.38. The van der Waals surface area contributed by atoms with E-state index in [0.29, 0.717) is 5.02 Å². The molecule has 0 bridgehead atoms. The number of aromatic amines is 1. The molecule has 2 aromatic carbocycles. The standard InChI is InChI=1S/C16H14ClFNOP/c1-10-16(14-8-11(17)6-7-15(14)19-10)21(20-2)13-5-3-4-12(18)9-13/h3-9,19H,1-2H3. The van der Waals surface area contributed by atoms with Crippen molar-refractivity contribution in [1.82, 2.24) is 4.98 Å². The fraction of sp³-hybridized carbons (Fsp3) is 0.125. The van der Waals surface area contributed by atoms with Crippen LogP contribution in [0, 0.1) is 12.7 Å². The summed E-state index contributed by atoms with van der Waals surface area (Å²) in [5.74, 6) is -0.257. The predicted molar refractivity (Wildman–Crippen MR) is 87.6 cm³/mol. The number of hydrogen-bond donors (Lipinski definition) is 1. The molecule has 0 aliphatic heterocycles. The molecule has 1 heterocycles. The van der Waals surface area contributed by atoms with E-state index in [1.807, 2.05) is 31.2 Å². The zero-order valence-electron chi connectivity index (χ0n) is 11.7. The van der Waals surface area contributed by atoms with Crippen LogP contribution in [0.5, 0.6) is 0 Å². The van der Waals surface area contributed by atoms with Gasteiger partial charge in [-0.1, -0.05) is 23.7 Å². The molecule has 0 aliphatic rings. The molecule has 5 heteroatoms. The third kappa shape index (κ3) is 2.69. The van der Waals surface area contributed by atoms with E-state index in [-0.39, 0.29) is 5.82 Å². The largest absolute Gasteiger partial charge is 0.358 e. The van der Waals surface area contributed by atoms with E-state index in [1.54, 1.807) is 13.2 Å². The monoisotopic (exact) mass is 321 g/mol. The van der Waals surface area contributed by atoms with E-state index >= 15 is 0 Å². The van der Waals surface area contributed by atoms with Crippen LogP contribution in [0.4, 0.5) is 4.39 Å². The number of nitrogens with one attached hydrogen (secondary N) is 1. The van der Waals surface area contributed by atoms with Gasteiger partial charge in [-0.2, -0.15) is 0 Å². The number of rotatable bonds is 3. The number of hydrogen-bond acceptors (Lipinski definition) is 1. The molecule has 0 fully saturated rings. The third-order valence-corrected chi connectivity index (χ3v) is 5.67. The summed E-state index contributed by atoms with van der Waals surface area (Å²) in [5.41, 5.74) is 2.03. The average molecular weight is 322 g/mol. The Morgan fingerprint density at radius 3 is 2.71 bits per heavy atom. The lowest BCUT2D eigenvalue weighted by molar-refractivity contribution is 0.474. The Kier molecular flexibility index (Phi) is 3.99. The lowest BCUT2D eigenvalue weighted by Gasteiger charge is -2.16. The second-order valence-corrected chi connectivity index (χ2v) is 7.10. The van der Waals surface area contributed by atoms with Crippen molar-refractivity contribution in [3.63, 3.8) is 0 Å². The summed E-state index contributed by atoms with van der Waals surface area (Å²) in [6.45, 7) is 2.00. The highest BCUT2D eigenvalue weighted by molar-refractivity contribution is 7.69. The van der Waals surface area contributed by atoms with Crippen LogP contribution in [-0.4, -0.2) is 12.1 Å². The highest BCUT2D eigenvalue weighted by atomic mass is 35.5. The van der Waals surface area contributed by atoms with E-state index < -0.39 is 8.15 Å². The zero-order valence-corrected chi connectivity index (χ0v) is 13.3. The van der Waals surface area contributed by atoms with Crippen LogP contribution < -0.4 is 10.6 Å². The topological polar surface area (TPSA) is 25.0 Å². The molecule has 3 aromatic rings. The molecule has 0 spiro atoms. The van der Waals surface area contributed by atoms with Gasteiger partial charge in [0.15, 0.2) is 0 Å². The molecular weight excluding hydrogens is 308 g/mol. The number of H-pyrrole nitrogens is 1. The molecule has 1 aromatic heterocycles. The maximum absolute atomic E-state index is 13.5. The molecule has 2 nitrogen and oxygen atoms in total. The number of halogens is 2. The average Bonchev–Trinajstić information content (AvgIpc) is 2.76. The summed E-state index contributed by atoms with van der Waals surface area (Å²) in [6, 6.07) is 12.3. The van der Waals surface area contributed by atoms with E-state index in [1.165, 1.54) is 12.1 Å². The first-order valence-corrected chi connectivity index (χ1v) is 8.11. The number of aromatic nitrogens is 1. The van der Waals surface area contributed by atoms with Crippen molar-refractivity contribution in [2.45, 2.75) is 6.92 Å². The van der Waals surface area contributed by atoms with Gasteiger partial charge in [-0.3, -0.25) is 0 Å². The third-order valence-electron chi connectivity index (χ3n) is 3.34. The molecule has 0 saturated carbocycles. The molecule has 0 radical (unpaired) electrons. The Labute approximate surface area is 128 Å². The summed E-state index contributed by atoms with van der Waals surface area (Å²) >= 11 is 6.11. The number of benzene rings is 2. The normalized spacial score (nSPS) is 12.8. The van der Waals surface area contributed by atoms with Crippen LogP contribution in [-0.2, 0) is 4.52 Å². The minimum Gasteiger partial charge on any atom is -0.358 e. The molecule has 3 rings (SSSR count). The minimum absolute atomic E-state index is 0.257. The smallest absolute Gasteiger partial charge is 0.123 e. The lowest BCUT2D eigenvalue weighted by atomic mass is 10.2. The van der Waals surface area contributed by atoms with Gasteiger partial charge in [-0.15, -0.1) is 0 Å². The summed E-state index contributed by atoms with van der Waals surface area (Å²) < 4.78 is 19.2. The van der Waals surface area contributed by atoms with Crippen LogP contribution >= 0.6 is 19.7 Å². The first-order chi connectivity index (χ1) is 10.1. The maximum Gasteiger partial charge on any atom is 0.123 e. The van der Waals surface area contributed by atoms with E-state index in [4.69, 9.17) is 16.1 Å². The fourth-order valence-electron chi connectivity index (χ4n) is 2.47. The van der Waals surface area contributed by atoms with Gasteiger partial charge in [-0.25, -0.2) is 4.39 Å². The van der Waals surface area contributed by atoms with Crippen molar-refractivity contribution in [3.05, 3.63) is 59.0 Å². The Balaban J connectivity index is 2.21. The second kappa shape index (κ2) is 5.76. The maximum atomic E-state index is 13.5. The first kappa shape index (κ1) is 14.5.